The van der Waals surface area contributed by atoms with Gasteiger partial charge in [-0.25, -0.2) is 13.1 Å². The molecule has 8 heteroatoms. The summed E-state index contributed by atoms with van der Waals surface area (Å²) in [6, 6.07) is 14.8. The van der Waals surface area contributed by atoms with E-state index in [1.807, 2.05) is 0 Å². The van der Waals surface area contributed by atoms with Gasteiger partial charge in [0, 0.05) is 50.5 Å². The zero-order chi connectivity index (χ0) is 22.3. The highest BCUT2D eigenvalue weighted by molar-refractivity contribution is 7.89. The van der Waals surface area contributed by atoms with Crippen LogP contribution < -0.4 is 14.9 Å². The van der Waals surface area contributed by atoms with E-state index in [9.17, 15) is 13.2 Å². The summed E-state index contributed by atoms with van der Waals surface area (Å²) in [6.07, 6.45) is 1.14. The second-order valence-corrected chi connectivity index (χ2v) is 9.61. The van der Waals surface area contributed by atoms with Crippen LogP contribution in [0, 0.1) is 6.92 Å². The number of carbonyl (C=O) groups is 1. The Morgan fingerprint density at radius 2 is 1.74 bits per heavy atom. The van der Waals surface area contributed by atoms with Gasteiger partial charge in [-0.15, -0.1) is 0 Å². The smallest absolute Gasteiger partial charge is 0.240 e. The van der Waals surface area contributed by atoms with E-state index in [0.717, 1.165) is 39.1 Å². The summed E-state index contributed by atoms with van der Waals surface area (Å²) in [5.41, 5.74) is 3.14. The maximum Gasteiger partial charge on any atom is 0.240 e. The maximum atomic E-state index is 12.5. The molecule has 2 aromatic carbocycles. The van der Waals surface area contributed by atoms with E-state index in [0.29, 0.717) is 18.7 Å². The van der Waals surface area contributed by atoms with E-state index in [4.69, 9.17) is 0 Å². The Bertz CT molecular complexity index is 969. The SMILES string of the molecule is CCC(=O)Nc1ccc(S(=O)(=O)NCCCN2CCN(c3cccc(C)c3)CC2)cc1. The van der Waals surface area contributed by atoms with E-state index >= 15 is 0 Å². The number of amides is 1. The highest BCUT2D eigenvalue weighted by atomic mass is 32.2. The van der Waals surface area contributed by atoms with Crippen molar-refractivity contribution in [2.24, 2.45) is 0 Å². The van der Waals surface area contributed by atoms with Crippen LogP contribution in [0.1, 0.15) is 25.3 Å². The zero-order valence-corrected chi connectivity index (χ0v) is 19.1. The number of anilines is 2. The number of rotatable bonds is 9. The van der Waals surface area contributed by atoms with E-state index in [-0.39, 0.29) is 10.8 Å². The molecule has 0 aromatic heterocycles. The van der Waals surface area contributed by atoms with Crippen molar-refractivity contribution in [1.29, 1.82) is 0 Å². The number of hydrogen-bond acceptors (Lipinski definition) is 5. The van der Waals surface area contributed by atoms with Crippen LogP contribution in [0.15, 0.2) is 53.4 Å². The van der Waals surface area contributed by atoms with Gasteiger partial charge in [0.25, 0.3) is 0 Å². The summed E-state index contributed by atoms with van der Waals surface area (Å²) in [7, 11) is -3.55. The summed E-state index contributed by atoms with van der Waals surface area (Å²) in [5, 5.41) is 2.71. The van der Waals surface area contributed by atoms with Crippen LogP contribution in [0.5, 0.6) is 0 Å². The third-order valence-corrected chi connectivity index (χ3v) is 6.93. The van der Waals surface area contributed by atoms with Crippen molar-refractivity contribution in [1.82, 2.24) is 9.62 Å². The summed E-state index contributed by atoms with van der Waals surface area (Å²) in [4.78, 5) is 16.4. The fourth-order valence-corrected chi connectivity index (χ4v) is 4.69. The van der Waals surface area contributed by atoms with Gasteiger partial charge in [-0.2, -0.15) is 0 Å². The third-order valence-electron chi connectivity index (χ3n) is 5.45. The molecule has 0 aliphatic carbocycles. The van der Waals surface area contributed by atoms with Crippen molar-refractivity contribution in [3.63, 3.8) is 0 Å². The molecule has 0 atom stereocenters. The predicted molar refractivity (Wildman–Crippen MR) is 125 cm³/mol. The first-order valence-electron chi connectivity index (χ1n) is 10.8. The van der Waals surface area contributed by atoms with Gasteiger partial charge in [0.1, 0.15) is 0 Å². The molecule has 0 radical (unpaired) electrons. The number of sulfonamides is 1. The summed E-state index contributed by atoms with van der Waals surface area (Å²) in [6.45, 7) is 9.06. The van der Waals surface area contributed by atoms with Crippen molar-refractivity contribution in [2.45, 2.75) is 31.6 Å². The van der Waals surface area contributed by atoms with Crippen LogP contribution in [0.3, 0.4) is 0 Å². The number of nitrogens with one attached hydrogen (secondary N) is 2. The molecule has 1 saturated heterocycles. The first-order valence-corrected chi connectivity index (χ1v) is 12.3. The Kier molecular flexibility index (Phi) is 8.06. The summed E-state index contributed by atoms with van der Waals surface area (Å²) < 4.78 is 27.6. The van der Waals surface area contributed by atoms with Gasteiger partial charge >= 0.3 is 0 Å². The molecular weight excluding hydrogens is 412 g/mol. The monoisotopic (exact) mass is 444 g/mol. The van der Waals surface area contributed by atoms with Gasteiger partial charge in [0.05, 0.1) is 4.90 Å². The van der Waals surface area contributed by atoms with Crippen LogP contribution in [0.2, 0.25) is 0 Å². The minimum atomic E-state index is -3.55. The van der Waals surface area contributed by atoms with Crippen LogP contribution >= 0.6 is 0 Å². The van der Waals surface area contributed by atoms with Gasteiger partial charge in [-0.05, 0) is 61.9 Å². The molecular formula is C23H32N4O3S. The van der Waals surface area contributed by atoms with Crippen LogP contribution in [0.25, 0.3) is 0 Å². The maximum absolute atomic E-state index is 12.5. The first-order chi connectivity index (χ1) is 14.9. The molecule has 0 bridgehead atoms. The molecule has 3 rings (SSSR count). The molecule has 168 valence electrons. The lowest BCUT2D eigenvalue weighted by Crippen LogP contribution is -2.47. The molecule has 1 fully saturated rings. The van der Waals surface area contributed by atoms with Crippen molar-refractivity contribution < 1.29 is 13.2 Å². The molecule has 1 aliphatic heterocycles. The van der Waals surface area contributed by atoms with Crippen molar-refractivity contribution in [3.05, 3.63) is 54.1 Å². The molecule has 1 heterocycles. The Balaban J connectivity index is 1.40. The minimum Gasteiger partial charge on any atom is -0.369 e. The van der Waals surface area contributed by atoms with Crippen LogP contribution in [0.4, 0.5) is 11.4 Å². The first kappa shape index (κ1) is 23.2. The molecule has 1 amide bonds. The van der Waals surface area contributed by atoms with E-state index < -0.39 is 10.0 Å². The Morgan fingerprint density at radius 3 is 2.39 bits per heavy atom. The second-order valence-electron chi connectivity index (χ2n) is 7.85. The quantitative estimate of drug-likeness (QED) is 0.581. The molecule has 31 heavy (non-hydrogen) atoms. The fourth-order valence-electron chi connectivity index (χ4n) is 3.61. The molecule has 2 aromatic rings. The highest BCUT2D eigenvalue weighted by Crippen LogP contribution is 2.18. The lowest BCUT2D eigenvalue weighted by molar-refractivity contribution is -0.115. The third kappa shape index (κ3) is 6.78. The molecule has 2 N–H and O–H groups in total. The van der Waals surface area contributed by atoms with Gasteiger partial charge in [-0.1, -0.05) is 19.1 Å². The summed E-state index contributed by atoms with van der Waals surface area (Å²) in [5.74, 6) is -0.103. The highest BCUT2D eigenvalue weighted by Gasteiger charge is 2.18. The number of nitrogens with zero attached hydrogens (tertiary/aromatic N) is 2. The largest absolute Gasteiger partial charge is 0.369 e. The zero-order valence-electron chi connectivity index (χ0n) is 18.3. The average molecular weight is 445 g/mol. The molecule has 0 saturated carbocycles. The number of aryl methyl sites for hydroxylation is 1. The molecule has 0 unspecified atom stereocenters. The molecule has 7 nitrogen and oxygen atoms in total. The Hall–Kier alpha value is -2.42. The van der Waals surface area contributed by atoms with Crippen LogP contribution in [-0.2, 0) is 14.8 Å². The second kappa shape index (κ2) is 10.7. The number of carbonyl (C=O) groups excluding carboxylic acids is 1. The summed E-state index contributed by atoms with van der Waals surface area (Å²) >= 11 is 0. The van der Waals surface area contributed by atoms with E-state index in [1.54, 1.807) is 19.1 Å². The lowest BCUT2D eigenvalue weighted by Gasteiger charge is -2.36. The minimum absolute atomic E-state index is 0.103. The standard InChI is InChI=1S/C23H32N4O3S/c1-3-23(28)25-20-8-10-22(11-9-20)31(29,30)24-12-5-13-26-14-16-27(17-15-26)21-7-4-6-19(2)18-21/h4,6-11,18,24H,3,5,12-17H2,1-2H3,(H,25,28). The van der Waals surface area contributed by atoms with Gasteiger partial charge in [-0.3, -0.25) is 9.69 Å². The predicted octanol–water partition coefficient (Wildman–Crippen LogP) is 2.83. The fraction of sp³-hybridized carbons (Fsp3) is 0.435. The number of piperazine rings is 1. The van der Waals surface area contributed by atoms with Crippen molar-refractivity contribution in [2.75, 3.05) is 49.5 Å². The van der Waals surface area contributed by atoms with Gasteiger partial charge in [0.15, 0.2) is 0 Å². The van der Waals surface area contributed by atoms with Gasteiger partial charge in [0.2, 0.25) is 15.9 Å². The Morgan fingerprint density at radius 1 is 1.03 bits per heavy atom. The van der Waals surface area contributed by atoms with Gasteiger partial charge < -0.3 is 10.2 Å². The Labute approximate surface area is 185 Å². The molecule has 0 spiro atoms. The molecule has 1 aliphatic rings. The number of benzene rings is 2. The van der Waals surface area contributed by atoms with E-state index in [1.165, 1.54) is 23.4 Å². The normalized spacial score (nSPS) is 15.1. The van der Waals surface area contributed by atoms with Crippen LogP contribution in [-0.4, -0.2) is 58.5 Å². The van der Waals surface area contributed by atoms with Crippen molar-refractivity contribution >= 4 is 27.3 Å². The van der Waals surface area contributed by atoms with Crippen molar-refractivity contribution in [3.8, 4) is 0 Å². The van der Waals surface area contributed by atoms with E-state index in [2.05, 4.69) is 51.0 Å². The lowest BCUT2D eigenvalue weighted by atomic mass is 10.2. The number of hydrogen-bond donors (Lipinski definition) is 2. The topological polar surface area (TPSA) is 81.7 Å². The average Bonchev–Trinajstić information content (AvgIpc) is 2.77.